The van der Waals surface area contributed by atoms with Crippen LogP contribution in [0.1, 0.15) is 52.6 Å². The minimum Gasteiger partial charge on any atom is -0.489 e. The summed E-state index contributed by atoms with van der Waals surface area (Å²) >= 11 is 0. The van der Waals surface area contributed by atoms with E-state index in [9.17, 15) is 0 Å². The molecular weight excluding hydrogens is 733 g/mol. The van der Waals surface area contributed by atoms with Gasteiger partial charge in [0.05, 0.1) is 39.3 Å². The van der Waals surface area contributed by atoms with Crippen LogP contribution in [0, 0.1) is 0 Å². The molecule has 0 spiro atoms. The quantitative estimate of drug-likeness (QED) is 0.0518. The lowest BCUT2D eigenvalue weighted by atomic mass is 10.2. The van der Waals surface area contributed by atoms with Crippen LogP contribution in [0.4, 0.5) is 0 Å². The van der Waals surface area contributed by atoms with Gasteiger partial charge in [-0.2, -0.15) is 0 Å². The van der Waals surface area contributed by atoms with E-state index in [4.69, 9.17) is 18.9 Å². The van der Waals surface area contributed by atoms with Crippen LogP contribution in [-0.4, -0.2) is 39.3 Å². The lowest BCUT2D eigenvalue weighted by molar-refractivity contribution is -0.700. The van der Waals surface area contributed by atoms with Gasteiger partial charge in [-0.1, -0.05) is 121 Å². The molecule has 0 heterocycles. The van der Waals surface area contributed by atoms with E-state index in [1.165, 1.54) is 43.5 Å². The van der Waals surface area contributed by atoms with Crippen molar-refractivity contribution in [1.29, 1.82) is 0 Å². The van der Waals surface area contributed by atoms with Gasteiger partial charge in [0.1, 0.15) is 62.5 Å². The Morgan fingerprint density at radius 3 is 0.797 bits per heavy atom. The summed E-state index contributed by atoms with van der Waals surface area (Å²) in [6.07, 6.45) is 3.60. The Kier molecular flexibility index (Phi) is 18.7. The van der Waals surface area contributed by atoms with Crippen LogP contribution in [-0.2, 0) is 39.5 Å². The summed E-state index contributed by atoms with van der Waals surface area (Å²) in [7, 11) is 0. The van der Waals surface area contributed by atoms with E-state index in [1.54, 1.807) is 0 Å². The fourth-order valence-electron chi connectivity index (χ4n) is 6.84. The first-order valence-electron chi connectivity index (χ1n) is 21.5. The molecule has 0 aliphatic heterocycles. The molecule has 8 nitrogen and oxygen atoms in total. The molecule has 0 aromatic heterocycles. The minimum atomic E-state index is 0.536. The van der Waals surface area contributed by atoms with Crippen molar-refractivity contribution >= 4 is 0 Å². The molecule has 0 amide bonds. The Bertz CT molecular complexity index is 1750. The number of benzene rings is 6. The van der Waals surface area contributed by atoms with Crippen molar-refractivity contribution in [3.63, 3.8) is 0 Å². The third-order valence-electron chi connectivity index (χ3n) is 10.1. The maximum atomic E-state index is 6.20. The van der Waals surface area contributed by atoms with Crippen molar-refractivity contribution in [1.82, 2.24) is 0 Å². The van der Waals surface area contributed by atoms with Crippen molar-refractivity contribution < 1.29 is 40.2 Å². The smallest absolute Gasteiger partial charge is 0.124 e. The van der Waals surface area contributed by atoms with E-state index < -0.39 is 0 Å². The van der Waals surface area contributed by atoms with Gasteiger partial charge in [0.15, 0.2) is 0 Å². The zero-order chi connectivity index (χ0) is 40.4. The second-order valence-corrected chi connectivity index (χ2v) is 15.1. The van der Waals surface area contributed by atoms with Gasteiger partial charge in [-0.05, 0) is 46.5 Å². The van der Waals surface area contributed by atoms with E-state index in [-0.39, 0.29) is 0 Å². The third kappa shape index (κ3) is 17.0. The molecule has 0 saturated carbocycles. The third-order valence-corrected chi connectivity index (χ3v) is 10.1. The van der Waals surface area contributed by atoms with Gasteiger partial charge in [0.25, 0.3) is 0 Å². The predicted octanol–water partition coefficient (Wildman–Crippen LogP) is 5.13. The van der Waals surface area contributed by atoms with Crippen LogP contribution in [0.5, 0.6) is 23.0 Å². The summed E-state index contributed by atoms with van der Waals surface area (Å²) in [6.45, 7) is 10.8. The first-order valence-corrected chi connectivity index (χ1v) is 21.5. The van der Waals surface area contributed by atoms with E-state index in [1.807, 2.05) is 84.9 Å². The average molecular weight is 797 g/mol. The number of quaternary nitrogens is 4. The van der Waals surface area contributed by atoms with Gasteiger partial charge in [-0.3, -0.25) is 0 Å². The van der Waals surface area contributed by atoms with Crippen molar-refractivity contribution in [3.8, 4) is 23.0 Å². The van der Waals surface area contributed by atoms with Crippen LogP contribution < -0.4 is 40.2 Å². The number of nitrogens with two attached hydrogens (primary N) is 4. The highest BCUT2D eigenvalue weighted by atomic mass is 16.5. The van der Waals surface area contributed by atoms with Gasteiger partial charge in [-0.25, -0.2) is 0 Å². The highest BCUT2D eigenvalue weighted by molar-refractivity contribution is 5.39. The molecule has 0 bridgehead atoms. The first kappa shape index (κ1) is 43.0. The zero-order valence-electron chi connectivity index (χ0n) is 34.6. The highest BCUT2D eigenvalue weighted by Crippen LogP contribution is 2.26. The van der Waals surface area contributed by atoms with E-state index in [2.05, 4.69) is 94.1 Å². The SMILES string of the molecule is c1ccc(COc2cc(C[NH2+]CCC[NH2+]CCC[NH2+]CCC[NH2+]Cc3cc(OCc4ccccc4)cc(OCc4ccccc4)c3)cc(OCc3ccccc3)c2)cc1. The molecule has 0 saturated heterocycles. The highest BCUT2D eigenvalue weighted by Gasteiger charge is 2.09. The van der Waals surface area contributed by atoms with Crippen molar-refractivity contribution in [3.05, 3.63) is 191 Å². The summed E-state index contributed by atoms with van der Waals surface area (Å²) in [6, 6.07) is 53.8. The standard InChI is InChI=1S/C51H60N4O4/c1-5-16-42(17-6-1)38-56-48-30-46(31-49(34-48)57-39-43-18-7-2-8-19-43)36-54-28-14-26-52-24-13-25-53-27-15-29-55-37-47-32-50(58-40-44-20-9-3-10-21-44)35-51(33-47)59-41-45-22-11-4-12-23-45/h1-12,16-23,30-35,52-55H,13-15,24-29,36-41H2/p+4. The molecule has 308 valence electrons. The Hall–Kier alpha value is -5.64. The molecule has 6 rings (SSSR count). The van der Waals surface area contributed by atoms with Crippen molar-refractivity contribution in [2.75, 3.05) is 39.3 Å². The second-order valence-electron chi connectivity index (χ2n) is 15.1. The Morgan fingerprint density at radius 2 is 0.525 bits per heavy atom. The van der Waals surface area contributed by atoms with E-state index in [0.29, 0.717) is 26.4 Å². The van der Waals surface area contributed by atoms with Crippen molar-refractivity contribution in [2.45, 2.75) is 58.8 Å². The Labute approximate surface area is 351 Å². The molecular formula is C51H64N4O4+4. The molecule has 6 aromatic carbocycles. The molecule has 0 aliphatic carbocycles. The number of ether oxygens (including phenoxy) is 4. The molecule has 59 heavy (non-hydrogen) atoms. The lowest BCUT2D eigenvalue weighted by Gasteiger charge is -2.12. The van der Waals surface area contributed by atoms with Crippen LogP contribution in [0.25, 0.3) is 0 Å². The van der Waals surface area contributed by atoms with E-state index in [0.717, 1.165) is 84.5 Å². The Balaban J connectivity index is 0.816. The fourth-order valence-corrected chi connectivity index (χ4v) is 6.84. The monoisotopic (exact) mass is 796 g/mol. The normalized spacial score (nSPS) is 11.0. The van der Waals surface area contributed by atoms with Gasteiger partial charge in [0, 0.05) is 42.5 Å². The molecule has 8 heteroatoms. The Morgan fingerprint density at radius 1 is 0.271 bits per heavy atom. The van der Waals surface area contributed by atoms with Crippen molar-refractivity contribution in [2.24, 2.45) is 0 Å². The first-order chi connectivity index (χ1) is 29.2. The minimum absolute atomic E-state index is 0.536. The lowest BCUT2D eigenvalue weighted by Crippen LogP contribution is -2.90. The van der Waals surface area contributed by atoms with Gasteiger partial charge in [0.2, 0.25) is 0 Å². The fraction of sp³-hybridized carbons (Fsp3) is 0.294. The summed E-state index contributed by atoms with van der Waals surface area (Å²) in [4.78, 5) is 0. The topological polar surface area (TPSA) is 103 Å². The summed E-state index contributed by atoms with van der Waals surface area (Å²) in [5.41, 5.74) is 7.04. The molecule has 0 aliphatic rings. The molecule has 0 unspecified atom stereocenters. The molecule has 0 atom stereocenters. The molecule has 0 radical (unpaired) electrons. The average Bonchev–Trinajstić information content (AvgIpc) is 3.29. The van der Waals surface area contributed by atoms with Crippen LogP contribution in [0.2, 0.25) is 0 Å². The second kappa shape index (κ2) is 25.7. The summed E-state index contributed by atoms with van der Waals surface area (Å²) in [5, 5.41) is 9.73. The number of hydrogen-bond acceptors (Lipinski definition) is 4. The maximum absolute atomic E-state index is 6.20. The summed E-state index contributed by atoms with van der Waals surface area (Å²) in [5.74, 6) is 3.38. The molecule has 6 aromatic rings. The van der Waals surface area contributed by atoms with Crippen LogP contribution in [0.3, 0.4) is 0 Å². The van der Waals surface area contributed by atoms with Gasteiger partial charge < -0.3 is 40.2 Å². The zero-order valence-corrected chi connectivity index (χ0v) is 34.6. The van der Waals surface area contributed by atoms with Gasteiger partial charge in [-0.15, -0.1) is 0 Å². The van der Waals surface area contributed by atoms with E-state index >= 15 is 0 Å². The number of rotatable bonds is 28. The molecule has 8 N–H and O–H groups in total. The molecule has 0 fully saturated rings. The maximum Gasteiger partial charge on any atom is 0.124 e. The predicted molar refractivity (Wildman–Crippen MR) is 234 cm³/mol. The van der Waals surface area contributed by atoms with Crippen LogP contribution in [0.15, 0.2) is 158 Å². The van der Waals surface area contributed by atoms with Crippen LogP contribution >= 0.6 is 0 Å². The van der Waals surface area contributed by atoms with Gasteiger partial charge >= 0.3 is 0 Å². The largest absolute Gasteiger partial charge is 0.489 e. The summed E-state index contributed by atoms with van der Waals surface area (Å²) < 4.78 is 24.8. The number of hydrogen-bond donors (Lipinski definition) is 4.